The molecule has 1 aromatic heterocycles. The molecule has 2 N–H and O–H groups in total. The van der Waals surface area contributed by atoms with Crippen LogP contribution in [-0.4, -0.2) is 33.8 Å². The van der Waals surface area contributed by atoms with E-state index in [1.54, 1.807) is 0 Å². The van der Waals surface area contributed by atoms with E-state index in [1.165, 1.54) is 0 Å². The molecule has 10 heteroatoms. The molecule has 0 aromatic carbocycles. The Morgan fingerprint density at radius 3 is 3.00 bits per heavy atom. The summed E-state index contributed by atoms with van der Waals surface area (Å²) in [4.78, 5) is 34.0. The van der Waals surface area contributed by atoms with E-state index in [0.29, 0.717) is 19.4 Å². The summed E-state index contributed by atoms with van der Waals surface area (Å²) in [5.41, 5.74) is -1.79. The third-order valence-electron chi connectivity index (χ3n) is 3.10. The molecule has 0 bridgehead atoms. The van der Waals surface area contributed by atoms with Gasteiger partial charge in [-0.05, 0) is 19.3 Å². The number of H-pyrrole nitrogens is 1. The highest BCUT2D eigenvalue weighted by atomic mass is 31.2. The molecule has 2 heterocycles. The van der Waals surface area contributed by atoms with E-state index in [4.69, 9.17) is 13.8 Å². The Bertz CT molecular complexity index is 606. The summed E-state index contributed by atoms with van der Waals surface area (Å²) in [5.74, 6) is -1.05. The van der Waals surface area contributed by atoms with Crippen LogP contribution in [0.4, 0.5) is 4.39 Å². The van der Waals surface area contributed by atoms with Crippen molar-refractivity contribution in [2.75, 3.05) is 13.2 Å². The Hall–Kier alpha value is -1.12. The SMILES string of the molecule is CCCOP(O)OCC1CCC(n2cc(F)c(=O)[nH]c2=O)O1. The molecule has 3 unspecified atom stereocenters. The lowest BCUT2D eigenvalue weighted by Gasteiger charge is -2.16. The van der Waals surface area contributed by atoms with Crippen LogP contribution in [0.1, 0.15) is 32.4 Å². The van der Waals surface area contributed by atoms with Gasteiger partial charge in [0.05, 0.1) is 25.5 Å². The van der Waals surface area contributed by atoms with Crippen LogP contribution in [0, 0.1) is 5.82 Å². The first kappa shape index (κ1) is 17.2. The van der Waals surface area contributed by atoms with Gasteiger partial charge in [0.2, 0.25) is 5.82 Å². The van der Waals surface area contributed by atoms with Crippen molar-refractivity contribution < 1.29 is 23.1 Å². The summed E-state index contributed by atoms with van der Waals surface area (Å²) in [7, 11) is -1.94. The first-order chi connectivity index (χ1) is 10.5. The molecular formula is C12H18FN2O6P. The molecular weight excluding hydrogens is 318 g/mol. The van der Waals surface area contributed by atoms with Gasteiger partial charge in [0, 0.05) is 0 Å². The predicted octanol–water partition coefficient (Wildman–Crippen LogP) is 1.02. The van der Waals surface area contributed by atoms with Crippen LogP contribution in [-0.2, 0) is 13.8 Å². The number of aromatic amines is 1. The standard InChI is InChI=1S/C12H18FN2O6P/c1-2-5-19-22(18)20-7-8-3-4-10(21-8)15-6-9(13)11(16)14-12(15)17/h6,8,10,18H,2-5,7H2,1H3,(H,14,16,17). The van der Waals surface area contributed by atoms with E-state index in [0.717, 1.165) is 17.2 Å². The van der Waals surface area contributed by atoms with Crippen molar-refractivity contribution in [2.45, 2.75) is 38.5 Å². The van der Waals surface area contributed by atoms with Crippen molar-refractivity contribution in [3.63, 3.8) is 0 Å². The van der Waals surface area contributed by atoms with Crippen LogP contribution in [0.5, 0.6) is 0 Å². The summed E-state index contributed by atoms with van der Waals surface area (Å²) in [5, 5.41) is 0. The highest BCUT2D eigenvalue weighted by Gasteiger charge is 2.28. The van der Waals surface area contributed by atoms with E-state index < -0.39 is 31.9 Å². The quantitative estimate of drug-likeness (QED) is 0.721. The molecule has 1 fully saturated rings. The van der Waals surface area contributed by atoms with Gasteiger partial charge >= 0.3 is 14.3 Å². The lowest BCUT2D eigenvalue weighted by atomic mass is 10.2. The molecule has 124 valence electrons. The maximum atomic E-state index is 13.3. The minimum absolute atomic E-state index is 0.114. The van der Waals surface area contributed by atoms with Crippen molar-refractivity contribution in [2.24, 2.45) is 0 Å². The second kappa shape index (κ2) is 7.94. The summed E-state index contributed by atoms with van der Waals surface area (Å²) >= 11 is 0. The van der Waals surface area contributed by atoms with Gasteiger partial charge in [0.15, 0.2) is 0 Å². The minimum atomic E-state index is -1.94. The second-order valence-corrected chi connectivity index (χ2v) is 5.79. The van der Waals surface area contributed by atoms with Crippen molar-refractivity contribution >= 4 is 8.60 Å². The first-order valence-corrected chi connectivity index (χ1v) is 8.05. The van der Waals surface area contributed by atoms with Crippen LogP contribution in [0.2, 0.25) is 0 Å². The van der Waals surface area contributed by atoms with E-state index in [1.807, 2.05) is 11.9 Å². The molecule has 8 nitrogen and oxygen atoms in total. The fourth-order valence-electron chi connectivity index (χ4n) is 2.04. The van der Waals surface area contributed by atoms with Gasteiger partial charge in [-0.3, -0.25) is 14.3 Å². The molecule has 22 heavy (non-hydrogen) atoms. The zero-order valence-corrected chi connectivity index (χ0v) is 12.9. The Morgan fingerprint density at radius 1 is 1.50 bits per heavy atom. The number of nitrogens with zero attached hydrogens (tertiary/aromatic N) is 1. The molecule has 0 spiro atoms. The minimum Gasteiger partial charge on any atom is -0.352 e. The van der Waals surface area contributed by atoms with E-state index >= 15 is 0 Å². The number of halogens is 1. The van der Waals surface area contributed by atoms with Gasteiger partial charge in [0.1, 0.15) is 6.23 Å². The fraction of sp³-hybridized carbons (Fsp3) is 0.667. The monoisotopic (exact) mass is 336 g/mol. The average molecular weight is 336 g/mol. The number of aromatic nitrogens is 2. The Balaban J connectivity index is 1.89. The zero-order valence-electron chi connectivity index (χ0n) is 12.0. The number of rotatable bonds is 7. The maximum absolute atomic E-state index is 13.3. The molecule has 0 amide bonds. The van der Waals surface area contributed by atoms with Crippen molar-refractivity contribution in [3.8, 4) is 0 Å². The molecule has 1 aliphatic rings. The van der Waals surface area contributed by atoms with Crippen LogP contribution in [0.3, 0.4) is 0 Å². The Labute approximate surface area is 126 Å². The third kappa shape index (κ3) is 4.44. The average Bonchev–Trinajstić information content (AvgIpc) is 2.95. The molecule has 1 saturated heterocycles. The number of hydrogen-bond donors (Lipinski definition) is 2. The maximum Gasteiger partial charge on any atom is 0.330 e. The molecule has 3 atom stereocenters. The molecule has 0 aliphatic carbocycles. The molecule has 1 aliphatic heterocycles. The number of nitrogens with one attached hydrogen (secondary N) is 1. The van der Waals surface area contributed by atoms with Gasteiger partial charge in [-0.15, -0.1) is 0 Å². The topological polar surface area (TPSA) is 103 Å². The smallest absolute Gasteiger partial charge is 0.330 e. The highest BCUT2D eigenvalue weighted by Crippen LogP contribution is 2.35. The normalized spacial score (nSPS) is 22.9. The summed E-state index contributed by atoms with van der Waals surface area (Å²) in [6.45, 7) is 2.43. The van der Waals surface area contributed by atoms with Gasteiger partial charge in [-0.2, -0.15) is 4.39 Å². The first-order valence-electron chi connectivity index (χ1n) is 6.92. The lowest BCUT2D eigenvalue weighted by molar-refractivity contribution is -0.0230. The van der Waals surface area contributed by atoms with Gasteiger partial charge < -0.3 is 18.7 Å². The van der Waals surface area contributed by atoms with Crippen molar-refractivity contribution in [3.05, 3.63) is 32.9 Å². The van der Waals surface area contributed by atoms with Gasteiger partial charge in [-0.1, -0.05) is 6.92 Å². The van der Waals surface area contributed by atoms with Gasteiger partial charge in [0.25, 0.3) is 5.56 Å². The summed E-state index contributed by atoms with van der Waals surface area (Å²) in [6.07, 6.45) is 1.64. The van der Waals surface area contributed by atoms with Crippen LogP contribution in [0.15, 0.2) is 15.8 Å². The van der Waals surface area contributed by atoms with E-state index in [9.17, 15) is 18.9 Å². The predicted molar refractivity (Wildman–Crippen MR) is 75.8 cm³/mol. The van der Waals surface area contributed by atoms with Crippen molar-refractivity contribution in [1.82, 2.24) is 9.55 Å². The fourth-order valence-corrected chi connectivity index (χ4v) is 2.75. The molecule has 1 aromatic rings. The third-order valence-corrected chi connectivity index (χ3v) is 3.87. The zero-order chi connectivity index (χ0) is 16.1. The van der Waals surface area contributed by atoms with Gasteiger partial charge in [-0.25, -0.2) is 4.79 Å². The molecule has 0 saturated carbocycles. The summed E-state index contributed by atoms with van der Waals surface area (Å²) in [6, 6.07) is 0. The second-order valence-electron chi connectivity index (χ2n) is 4.80. The molecule has 0 radical (unpaired) electrons. The molecule has 2 rings (SSSR count). The highest BCUT2D eigenvalue weighted by molar-refractivity contribution is 7.40. The van der Waals surface area contributed by atoms with Crippen molar-refractivity contribution in [1.29, 1.82) is 0 Å². The Kier molecular flexibility index (Phi) is 6.22. The van der Waals surface area contributed by atoms with Crippen LogP contribution < -0.4 is 11.2 Å². The van der Waals surface area contributed by atoms with Crippen LogP contribution >= 0.6 is 8.60 Å². The van der Waals surface area contributed by atoms with E-state index in [-0.39, 0.29) is 12.7 Å². The number of ether oxygens (including phenoxy) is 1. The van der Waals surface area contributed by atoms with E-state index in [2.05, 4.69) is 0 Å². The lowest BCUT2D eigenvalue weighted by Crippen LogP contribution is -2.34. The largest absolute Gasteiger partial charge is 0.352 e. The van der Waals surface area contributed by atoms with Crippen LogP contribution in [0.25, 0.3) is 0 Å². The number of hydrogen-bond acceptors (Lipinski definition) is 6. The Morgan fingerprint density at radius 2 is 2.27 bits per heavy atom. The summed E-state index contributed by atoms with van der Waals surface area (Å²) < 4.78 is 30.0.